The molecule has 0 heterocycles. The largest absolute Gasteiger partial charge is 0.469 e. The van der Waals surface area contributed by atoms with Gasteiger partial charge in [0.05, 0.1) is 18.5 Å². The molecule has 0 bridgehead atoms. The number of nitrogens with one attached hydrogen (secondary N) is 1. The Balaban J connectivity index is 4.17. The van der Waals surface area contributed by atoms with Gasteiger partial charge in [-0.15, -0.1) is 0 Å². The molecule has 1 unspecified atom stereocenters. The molecule has 0 radical (unpaired) electrons. The molecule has 6 nitrogen and oxygen atoms in total. The molecule has 0 saturated heterocycles. The highest BCUT2D eigenvalue weighted by molar-refractivity contribution is 7.93. The highest BCUT2D eigenvalue weighted by atomic mass is 32.2. The first-order valence-electron chi connectivity index (χ1n) is 4.16. The quantitative estimate of drug-likeness (QED) is 0.473. The number of sulfonamides is 1. The van der Waals surface area contributed by atoms with Gasteiger partial charge in [0.1, 0.15) is 5.25 Å². The van der Waals surface area contributed by atoms with Crippen LogP contribution in [0.15, 0.2) is 0 Å². The van der Waals surface area contributed by atoms with Crippen molar-refractivity contribution in [3.05, 3.63) is 0 Å². The Kier molecular flexibility index (Phi) is 5.69. The number of esters is 1. The third kappa shape index (κ3) is 5.05. The molecule has 0 aliphatic heterocycles. The van der Waals surface area contributed by atoms with Crippen LogP contribution in [0.4, 0.5) is 0 Å². The summed E-state index contributed by atoms with van der Waals surface area (Å²) >= 11 is 4.56. The summed E-state index contributed by atoms with van der Waals surface area (Å²) in [5, 5.41) is -0.954. The van der Waals surface area contributed by atoms with Crippen molar-refractivity contribution in [3.8, 4) is 0 Å². The second-order valence-corrected chi connectivity index (χ2v) is 5.37. The van der Waals surface area contributed by atoms with Crippen LogP contribution in [-0.2, 0) is 19.6 Å². The van der Waals surface area contributed by atoms with Gasteiger partial charge in [-0.25, -0.2) is 13.1 Å². The molecule has 3 N–H and O–H groups in total. The van der Waals surface area contributed by atoms with Crippen molar-refractivity contribution in [1.29, 1.82) is 0 Å². The van der Waals surface area contributed by atoms with Crippen molar-refractivity contribution in [1.82, 2.24) is 4.72 Å². The number of hydrogen-bond acceptors (Lipinski definition) is 5. The first kappa shape index (κ1) is 14.3. The van der Waals surface area contributed by atoms with Crippen LogP contribution >= 0.6 is 12.2 Å². The van der Waals surface area contributed by atoms with Gasteiger partial charge >= 0.3 is 5.97 Å². The number of ether oxygens (including phenoxy) is 1. The molecule has 0 aromatic heterocycles. The van der Waals surface area contributed by atoms with Crippen LogP contribution in [0.25, 0.3) is 0 Å². The Morgan fingerprint density at radius 3 is 2.53 bits per heavy atom. The van der Waals surface area contributed by atoms with E-state index in [1.54, 1.807) is 0 Å². The van der Waals surface area contributed by atoms with Crippen LogP contribution in [-0.4, -0.2) is 38.3 Å². The molecule has 0 aromatic carbocycles. The molecule has 0 amide bonds. The third-order valence-electron chi connectivity index (χ3n) is 1.73. The fourth-order valence-electron chi connectivity index (χ4n) is 0.675. The standard InChI is InChI=1S/C7H14N2O4S2/c1-5(7(8)14)15(11,12)9-4-3-6(10)13-2/h5,9H,3-4H2,1-2H3,(H2,8,14). The average molecular weight is 254 g/mol. The van der Waals surface area contributed by atoms with Gasteiger partial charge in [0.15, 0.2) is 0 Å². The van der Waals surface area contributed by atoms with Gasteiger partial charge in [0.25, 0.3) is 0 Å². The van der Waals surface area contributed by atoms with Crippen LogP contribution in [0.3, 0.4) is 0 Å². The van der Waals surface area contributed by atoms with Gasteiger partial charge in [-0.05, 0) is 6.92 Å². The lowest BCUT2D eigenvalue weighted by Crippen LogP contribution is -2.40. The van der Waals surface area contributed by atoms with Crippen molar-refractivity contribution in [2.24, 2.45) is 5.73 Å². The molecule has 1 atom stereocenters. The molecule has 0 fully saturated rings. The van der Waals surface area contributed by atoms with Gasteiger partial charge in [0, 0.05) is 6.54 Å². The molecule has 0 rings (SSSR count). The number of carbonyl (C=O) groups excluding carboxylic acids is 1. The molecule has 8 heteroatoms. The predicted molar refractivity (Wildman–Crippen MR) is 59.8 cm³/mol. The molecular formula is C7H14N2O4S2. The van der Waals surface area contributed by atoms with E-state index in [-0.39, 0.29) is 18.0 Å². The summed E-state index contributed by atoms with van der Waals surface area (Å²) < 4.78 is 29.4. The summed E-state index contributed by atoms with van der Waals surface area (Å²) in [7, 11) is -2.36. The van der Waals surface area contributed by atoms with E-state index in [9.17, 15) is 13.2 Å². The number of rotatable bonds is 6. The predicted octanol–water partition coefficient (Wildman–Crippen LogP) is -0.856. The van der Waals surface area contributed by atoms with Gasteiger partial charge in [-0.3, -0.25) is 4.79 Å². The lowest BCUT2D eigenvalue weighted by atomic mass is 10.4. The van der Waals surface area contributed by atoms with Gasteiger partial charge in [-0.1, -0.05) is 12.2 Å². The second-order valence-electron chi connectivity index (χ2n) is 2.81. The van der Waals surface area contributed by atoms with Crippen LogP contribution in [0.5, 0.6) is 0 Å². The van der Waals surface area contributed by atoms with E-state index in [0.717, 1.165) is 0 Å². The summed E-state index contributed by atoms with van der Waals surface area (Å²) in [5.41, 5.74) is 5.20. The monoisotopic (exact) mass is 254 g/mol. The highest BCUT2D eigenvalue weighted by Gasteiger charge is 2.22. The summed E-state index contributed by atoms with van der Waals surface area (Å²) in [5.74, 6) is -0.485. The van der Waals surface area contributed by atoms with Crippen molar-refractivity contribution in [2.45, 2.75) is 18.6 Å². The first-order chi connectivity index (χ1) is 6.81. The Morgan fingerprint density at radius 1 is 1.60 bits per heavy atom. The topological polar surface area (TPSA) is 98.5 Å². The zero-order valence-corrected chi connectivity index (χ0v) is 10.2. The van der Waals surface area contributed by atoms with Crippen LogP contribution in [0.1, 0.15) is 13.3 Å². The number of nitrogens with two attached hydrogens (primary N) is 1. The lowest BCUT2D eigenvalue weighted by Gasteiger charge is -2.11. The Morgan fingerprint density at radius 2 is 2.13 bits per heavy atom. The van der Waals surface area contributed by atoms with E-state index in [1.165, 1.54) is 14.0 Å². The van der Waals surface area contributed by atoms with Crippen LogP contribution < -0.4 is 10.5 Å². The number of hydrogen-bond donors (Lipinski definition) is 2. The molecule has 0 aliphatic carbocycles. The maximum atomic E-state index is 11.4. The SMILES string of the molecule is COC(=O)CCNS(=O)(=O)C(C)C(N)=S. The van der Waals surface area contributed by atoms with Gasteiger partial charge in [0.2, 0.25) is 10.0 Å². The Labute approximate surface area is 94.2 Å². The maximum Gasteiger partial charge on any atom is 0.306 e. The molecule has 0 aliphatic rings. The zero-order valence-electron chi connectivity index (χ0n) is 8.52. The van der Waals surface area contributed by atoms with E-state index >= 15 is 0 Å². The smallest absolute Gasteiger partial charge is 0.306 e. The molecule has 0 saturated carbocycles. The minimum absolute atomic E-state index is 0.0258. The number of carbonyl (C=O) groups is 1. The van der Waals surface area contributed by atoms with Gasteiger partial charge < -0.3 is 10.5 Å². The number of methoxy groups -OCH3 is 1. The molecule has 15 heavy (non-hydrogen) atoms. The fourth-order valence-corrected chi connectivity index (χ4v) is 2.00. The van der Waals surface area contributed by atoms with Crippen molar-refractivity contribution in [3.63, 3.8) is 0 Å². The summed E-state index contributed by atoms with van der Waals surface area (Å²) in [4.78, 5) is 10.6. The summed E-state index contributed by atoms with van der Waals surface area (Å²) in [6.07, 6.45) is -0.0280. The molecule has 0 aromatic rings. The fraction of sp³-hybridized carbons (Fsp3) is 0.714. The molecule has 0 spiro atoms. The lowest BCUT2D eigenvalue weighted by molar-refractivity contribution is -0.140. The first-order valence-corrected chi connectivity index (χ1v) is 6.11. The minimum atomic E-state index is -3.59. The maximum absolute atomic E-state index is 11.4. The van der Waals surface area contributed by atoms with Crippen molar-refractivity contribution < 1.29 is 17.9 Å². The highest BCUT2D eigenvalue weighted by Crippen LogP contribution is 1.98. The Hall–Kier alpha value is -0.730. The summed E-state index contributed by atoms with van der Waals surface area (Å²) in [6, 6.07) is 0. The van der Waals surface area contributed by atoms with Crippen molar-refractivity contribution >= 4 is 33.2 Å². The van der Waals surface area contributed by atoms with Crippen LogP contribution in [0.2, 0.25) is 0 Å². The number of thiocarbonyl (C=S) groups is 1. The molecule has 88 valence electrons. The normalized spacial score (nSPS) is 13.2. The second kappa shape index (κ2) is 5.99. The van der Waals surface area contributed by atoms with Gasteiger partial charge in [-0.2, -0.15) is 0 Å². The minimum Gasteiger partial charge on any atom is -0.469 e. The van der Waals surface area contributed by atoms with E-state index < -0.39 is 21.2 Å². The Bertz CT molecular complexity index is 339. The summed E-state index contributed by atoms with van der Waals surface area (Å²) in [6.45, 7) is 1.35. The molecular weight excluding hydrogens is 240 g/mol. The third-order valence-corrected chi connectivity index (χ3v) is 4.02. The van der Waals surface area contributed by atoms with E-state index in [2.05, 4.69) is 21.7 Å². The zero-order chi connectivity index (χ0) is 12.1. The van der Waals surface area contributed by atoms with E-state index in [4.69, 9.17) is 5.73 Å². The van der Waals surface area contributed by atoms with Crippen LogP contribution in [0, 0.1) is 0 Å². The van der Waals surface area contributed by atoms with Crippen molar-refractivity contribution in [2.75, 3.05) is 13.7 Å². The van der Waals surface area contributed by atoms with E-state index in [0.29, 0.717) is 0 Å². The van der Waals surface area contributed by atoms with E-state index in [1.807, 2.05) is 0 Å². The average Bonchev–Trinajstić information content (AvgIpc) is 2.15.